The van der Waals surface area contributed by atoms with Crippen LogP contribution in [0.1, 0.15) is 6.23 Å². The van der Waals surface area contributed by atoms with E-state index < -0.39 is 30.8 Å². The first-order valence-corrected chi connectivity index (χ1v) is 5.85. The summed E-state index contributed by atoms with van der Waals surface area (Å²) in [6.07, 6.45) is -1.04. The Kier molecular flexibility index (Phi) is 2.84. The number of ether oxygens (including phenoxy) is 1. The smallest absolute Gasteiger partial charge is 0.173 e. The number of rotatable bonds is 2. The van der Waals surface area contributed by atoms with Crippen molar-refractivity contribution in [1.82, 2.24) is 19.5 Å². The molecule has 7 N–H and O–H groups in total. The van der Waals surface area contributed by atoms with E-state index in [-0.39, 0.29) is 5.82 Å². The molecular weight excluding hydrogens is 268 g/mol. The van der Waals surface area contributed by atoms with E-state index in [0.717, 1.165) is 0 Å². The van der Waals surface area contributed by atoms with Crippen LogP contribution in [0.15, 0.2) is 12.7 Å². The van der Waals surface area contributed by atoms with Crippen LogP contribution in [0.25, 0.3) is 11.2 Å². The van der Waals surface area contributed by atoms with Crippen molar-refractivity contribution in [3.63, 3.8) is 0 Å². The van der Waals surface area contributed by atoms with Gasteiger partial charge in [0.05, 0.1) is 12.9 Å². The van der Waals surface area contributed by atoms with Crippen LogP contribution < -0.4 is 11.5 Å². The van der Waals surface area contributed by atoms with Crippen molar-refractivity contribution < 1.29 is 20.1 Å². The van der Waals surface area contributed by atoms with E-state index in [4.69, 9.17) is 21.3 Å². The highest BCUT2D eigenvalue weighted by atomic mass is 16.6. The van der Waals surface area contributed by atoms with Gasteiger partial charge in [0.15, 0.2) is 23.4 Å². The highest BCUT2D eigenvalue weighted by Gasteiger charge is 2.53. The van der Waals surface area contributed by atoms with Gasteiger partial charge in [-0.3, -0.25) is 10.3 Å². The Morgan fingerprint density at radius 1 is 1.40 bits per heavy atom. The third kappa shape index (κ3) is 1.67. The number of anilines is 1. The molecule has 10 nitrogen and oxygen atoms in total. The molecule has 0 amide bonds. The number of hydrogen-bond acceptors (Lipinski definition) is 9. The molecule has 108 valence electrons. The zero-order chi connectivity index (χ0) is 14.5. The summed E-state index contributed by atoms with van der Waals surface area (Å²) in [6, 6.07) is 0. The van der Waals surface area contributed by atoms with Gasteiger partial charge in [0.1, 0.15) is 24.1 Å². The molecule has 0 bridgehead atoms. The minimum atomic E-state index is -2.07. The van der Waals surface area contributed by atoms with Crippen LogP contribution in [-0.4, -0.2) is 59.4 Å². The molecule has 3 rings (SSSR count). The minimum Gasteiger partial charge on any atom is -0.393 e. The van der Waals surface area contributed by atoms with E-state index in [1.54, 1.807) is 0 Å². The summed E-state index contributed by atoms with van der Waals surface area (Å²) in [5.41, 5.74) is 9.84. The fraction of sp³-hybridized carbons (Fsp3) is 0.500. The molecule has 1 saturated heterocycles. The fourth-order valence-electron chi connectivity index (χ4n) is 2.23. The van der Waals surface area contributed by atoms with Gasteiger partial charge in [0, 0.05) is 0 Å². The Bertz CT molecular complexity index is 644. The van der Waals surface area contributed by atoms with Gasteiger partial charge in [-0.15, -0.1) is 0 Å². The van der Waals surface area contributed by atoms with E-state index in [9.17, 15) is 10.2 Å². The average Bonchev–Trinajstić information content (AvgIpc) is 2.92. The lowest BCUT2D eigenvalue weighted by atomic mass is 10.0. The Hall–Kier alpha value is -1.85. The molecule has 0 aromatic carbocycles. The van der Waals surface area contributed by atoms with Crippen LogP contribution in [0.4, 0.5) is 5.82 Å². The lowest BCUT2D eigenvalue weighted by Crippen LogP contribution is -2.56. The molecule has 4 atom stereocenters. The van der Waals surface area contributed by atoms with Gasteiger partial charge in [-0.2, -0.15) is 0 Å². The summed E-state index contributed by atoms with van der Waals surface area (Å²) < 4.78 is 6.76. The number of aliphatic hydroxyl groups is 3. The monoisotopic (exact) mass is 282 g/mol. The highest BCUT2D eigenvalue weighted by molar-refractivity contribution is 5.81. The number of nitrogens with zero attached hydrogens (tertiary/aromatic N) is 4. The Morgan fingerprint density at radius 3 is 2.80 bits per heavy atom. The Morgan fingerprint density at radius 2 is 2.15 bits per heavy atom. The molecule has 0 saturated carbocycles. The van der Waals surface area contributed by atoms with Crippen molar-refractivity contribution in [2.75, 3.05) is 12.3 Å². The third-order valence-electron chi connectivity index (χ3n) is 3.39. The molecule has 1 aliphatic rings. The van der Waals surface area contributed by atoms with Crippen LogP contribution in [0.5, 0.6) is 0 Å². The molecule has 1 aliphatic heterocycles. The van der Waals surface area contributed by atoms with Crippen molar-refractivity contribution in [3.05, 3.63) is 12.7 Å². The molecule has 0 aliphatic carbocycles. The van der Waals surface area contributed by atoms with Crippen LogP contribution in [-0.2, 0) is 4.74 Å². The van der Waals surface area contributed by atoms with Gasteiger partial charge in [0.25, 0.3) is 0 Å². The van der Waals surface area contributed by atoms with E-state index >= 15 is 0 Å². The molecule has 3 heterocycles. The maximum absolute atomic E-state index is 10.1. The maximum Gasteiger partial charge on any atom is 0.173 e. The lowest BCUT2D eigenvalue weighted by Gasteiger charge is -2.24. The van der Waals surface area contributed by atoms with Crippen molar-refractivity contribution in [1.29, 1.82) is 0 Å². The fourth-order valence-corrected chi connectivity index (χ4v) is 2.23. The molecule has 1 fully saturated rings. The Balaban J connectivity index is 2.06. The standard InChI is InChI=1S/C10H14N6O4/c11-7-5-8(14-2-13-7)16(3-15-5)9-6(18)10(12,19)4(1-17)20-9/h2-4,6,9,17-19H,1,12H2,(H2,11,13,14)/t4-,6+,9-,10-/m1/s1. The lowest BCUT2D eigenvalue weighted by molar-refractivity contribution is -0.0885. The predicted molar refractivity (Wildman–Crippen MR) is 65.9 cm³/mol. The molecule has 0 radical (unpaired) electrons. The summed E-state index contributed by atoms with van der Waals surface area (Å²) in [5.74, 6) is 0.183. The SMILES string of the molecule is Nc1ncnc2c1ncn2[C@@H]1O[C@H](CO)[C@@](N)(O)[C@H]1O. The summed E-state index contributed by atoms with van der Waals surface area (Å²) >= 11 is 0. The molecule has 10 heteroatoms. The van der Waals surface area contributed by atoms with Crippen molar-refractivity contribution in [2.24, 2.45) is 5.73 Å². The van der Waals surface area contributed by atoms with Gasteiger partial charge in [-0.05, 0) is 0 Å². The number of nitrogen functional groups attached to an aromatic ring is 1. The Labute approximate surface area is 112 Å². The normalized spacial score (nSPS) is 33.9. The first-order chi connectivity index (χ1) is 9.46. The highest BCUT2D eigenvalue weighted by Crippen LogP contribution is 2.35. The first kappa shape index (κ1) is 13.1. The topological polar surface area (TPSA) is 166 Å². The second-order valence-electron chi connectivity index (χ2n) is 4.61. The third-order valence-corrected chi connectivity index (χ3v) is 3.39. The predicted octanol–water partition coefficient (Wildman–Crippen LogP) is -2.69. The summed E-state index contributed by atoms with van der Waals surface area (Å²) in [6.45, 7) is -0.537. The zero-order valence-corrected chi connectivity index (χ0v) is 10.3. The van der Waals surface area contributed by atoms with Crippen LogP contribution in [0, 0.1) is 0 Å². The van der Waals surface area contributed by atoms with E-state index in [1.807, 2.05) is 0 Å². The van der Waals surface area contributed by atoms with Gasteiger partial charge < -0.3 is 25.8 Å². The quantitative estimate of drug-likeness (QED) is 0.368. The van der Waals surface area contributed by atoms with Crippen LogP contribution >= 0.6 is 0 Å². The average molecular weight is 282 g/mol. The summed E-state index contributed by atoms with van der Waals surface area (Å²) in [4.78, 5) is 11.8. The number of hydrogen-bond donors (Lipinski definition) is 5. The molecule has 2 aromatic rings. The van der Waals surface area contributed by atoms with E-state index in [2.05, 4.69) is 15.0 Å². The molecular formula is C10H14N6O4. The number of fused-ring (bicyclic) bond motifs is 1. The summed E-state index contributed by atoms with van der Waals surface area (Å²) in [5, 5.41) is 29.2. The molecule has 0 spiro atoms. The maximum atomic E-state index is 10.1. The van der Waals surface area contributed by atoms with Crippen LogP contribution in [0.2, 0.25) is 0 Å². The number of nitrogens with two attached hydrogens (primary N) is 2. The van der Waals surface area contributed by atoms with Crippen molar-refractivity contribution in [3.8, 4) is 0 Å². The molecule has 2 aromatic heterocycles. The van der Waals surface area contributed by atoms with Gasteiger partial charge in [-0.1, -0.05) is 0 Å². The number of aromatic nitrogens is 4. The molecule has 0 unspecified atom stereocenters. The number of aliphatic hydroxyl groups excluding tert-OH is 2. The number of imidazole rings is 1. The van der Waals surface area contributed by atoms with E-state index in [1.165, 1.54) is 17.2 Å². The van der Waals surface area contributed by atoms with Gasteiger partial charge >= 0.3 is 0 Å². The zero-order valence-electron chi connectivity index (χ0n) is 10.3. The van der Waals surface area contributed by atoms with Gasteiger partial charge in [0.2, 0.25) is 0 Å². The van der Waals surface area contributed by atoms with Crippen molar-refractivity contribution >= 4 is 17.0 Å². The van der Waals surface area contributed by atoms with E-state index in [0.29, 0.717) is 11.2 Å². The van der Waals surface area contributed by atoms with Gasteiger partial charge in [-0.25, -0.2) is 15.0 Å². The summed E-state index contributed by atoms with van der Waals surface area (Å²) in [7, 11) is 0. The minimum absolute atomic E-state index is 0.183. The first-order valence-electron chi connectivity index (χ1n) is 5.85. The second-order valence-corrected chi connectivity index (χ2v) is 4.61. The van der Waals surface area contributed by atoms with Crippen molar-refractivity contribution in [2.45, 2.75) is 24.2 Å². The largest absolute Gasteiger partial charge is 0.393 e. The molecule has 20 heavy (non-hydrogen) atoms. The second kappa shape index (κ2) is 4.33. The van der Waals surface area contributed by atoms with Crippen LogP contribution in [0.3, 0.4) is 0 Å².